The lowest BCUT2D eigenvalue weighted by molar-refractivity contribution is -0.137. The van der Waals surface area contributed by atoms with E-state index >= 15 is 0 Å². The number of aryl methyl sites for hydroxylation is 2. The molecule has 118 valence electrons. The summed E-state index contributed by atoms with van der Waals surface area (Å²) >= 11 is 0. The molecule has 1 saturated heterocycles. The third-order valence-electron chi connectivity index (χ3n) is 3.78. The van der Waals surface area contributed by atoms with Crippen molar-refractivity contribution in [3.63, 3.8) is 0 Å². The maximum atomic E-state index is 12.1. The van der Waals surface area contributed by atoms with Crippen LogP contribution in [0.3, 0.4) is 0 Å². The predicted molar refractivity (Wildman–Crippen MR) is 83.4 cm³/mol. The van der Waals surface area contributed by atoms with Crippen molar-refractivity contribution in [3.8, 4) is 0 Å². The van der Waals surface area contributed by atoms with Crippen molar-refractivity contribution in [3.05, 3.63) is 29.3 Å². The second kappa shape index (κ2) is 7.06. The third kappa shape index (κ3) is 4.07. The van der Waals surface area contributed by atoms with E-state index in [-0.39, 0.29) is 18.2 Å². The summed E-state index contributed by atoms with van der Waals surface area (Å²) in [6.07, 6.45) is 0.614. The summed E-state index contributed by atoms with van der Waals surface area (Å²) < 4.78 is 0. The van der Waals surface area contributed by atoms with Gasteiger partial charge in [0.25, 0.3) is 0 Å². The molecule has 1 aliphatic rings. The van der Waals surface area contributed by atoms with Gasteiger partial charge >= 0.3 is 0 Å². The molecule has 6 heteroatoms. The van der Waals surface area contributed by atoms with Crippen molar-refractivity contribution in [2.75, 3.05) is 31.5 Å². The summed E-state index contributed by atoms with van der Waals surface area (Å²) in [7, 11) is 0. The summed E-state index contributed by atoms with van der Waals surface area (Å²) in [6, 6.07) is 5.75. The maximum Gasteiger partial charge on any atom is 0.233 e. The van der Waals surface area contributed by atoms with Crippen LogP contribution in [0.4, 0.5) is 5.69 Å². The van der Waals surface area contributed by atoms with Crippen molar-refractivity contribution in [2.45, 2.75) is 20.3 Å². The number of carbonyl (C=O) groups excluding carboxylic acids is 3. The van der Waals surface area contributed by atoms with Crippen molar-refractivity contribution >= 4 is 23.9 Å². The molecule has 0 saturated carbocycles. The fourth-order valence-electron chi connectivity index (χ4n) is 2.47. The minimum Gasteiger partial charge on any atom is -0.342 e. The van der Waals surface area contributed by atoms with E-state index in [4.69, 9.17) is 0 Å². The summed E-state index contributed by atoms with van der Waals surface area (Å²) in [5.41, 5.74) is 2.83. The largest absolute Gasteiger partial charge is 0.342 e. The SMILES string of the molecule is Cc1ccc(NC(=O)CC(=O)N2CCN(C=O)CC2)c(C)c1. The van der Waals surface area contributed by atoms with Crippen molar-refractivity contribution in [2.24, 2.45) is 0 Å². The summed E-state index contributed by atoms with van der Waals surface area (Å²) in [6.45, 7) is 5.91. The Bertz CT molecular complexity index is 578. The molecular formula is C16H21N3O3. The second-order valence-electron chi connectivity index (χ2n) is 5.57. The van der Waals surface area contributed by atoms with E-state index in [2.05, 4.69) is 5.32 Å². The minimum atomic E-state index is -0.310. The first-order chi connectivity index (χ1) is 10.5. The standard InChI is InChI=1S/C16H21N3O3/c1-12-3-4-14(13(2)9-12)17-15(21)10-16(22)19-7-5-18(11-20)6-8-19/h3-4,9,11H,5-8,10H2,1-2H3,(H,17,21). The van der Waals surface area contributed by atoms with Gasteiger partial charge in [-0.25, -0.2) is 0 Å². The van der Waals surface area contributed by atoms with Gasteiger partial charge in [0.05, 0.1) is 0 Å². The molecule has 2 rings (SSSR count). The van der Waals surface area contributed by atoms with Crippen molar-refractivity contribution in [1.29, 1.82) is 0 Å². The van der Waals surface area contributed by atoms with Crippen LogP contribution in [0.25, 0.3) is 0 Å². The highest BCUT2D eigenvalue weighted by Gasteiger charge is 2.22. The molecule has 0 radical (unpaired) electrons. The Morgan fingerprint density at radius 2 is 1.86 bits per heavy atom. The molecule has 1 aromatic rings. The fourth-order valence-corrected chi connectivity index (χ4v) is 2.47. The van der Waals surface area contributed by atoms with Gasteiger partial charge in [-0.2, -0.15) is 0 Å². The van der Waals surface area contributed by atoms with Crippen LogP contribution in [-0.4, -0.2) is 54.2 Å². The Labute approximate surface area is 130 Å². The second-order valence-corrected chi connectivity index (χ2v) is 5.57. The monoisotopic (exact) mass is 303 g/mol. The smallest absolute Gasteiger partial charge is 0.233 e. The molecule has 1 fully saturated rings. The van der Waals surface area contributed by atoms with Crippen LogP contribution in [0, 0.1) is 13.8 Å². The summed E-state index contributed by atoms with van der Waals surface area (Å²) in [5, 5.41) is 2.77. The highest BCUT2D eigenvalue weighted by atomic mass is 16.2. The van der Waals surface area contributed by atoms with Crippen LogP contribution in [0.5, 0.6) is 0 Å². The van der Waals surface area contributed by atoms with E-state index in [0.717, 1.165) is 23.2 Å². The topological polar surface area (TPSA) is 69.7 Å². The zero-order chi connectivity index (χ0) is 16.1. The molecule has 0 aliphatic carbocycles. The number of carbonyl (C=O) groups is 3. The molecule has 1 aromatic carbocycles. The molecule has 3 amide bonds. The number of hydrogen-bond donors (Lipinski definition) is 1. The van der Waals surface area contributed by atoms with Crippen LogP contribution < -0.4 is 5.32 Å². The quantitative estimate of drug-likeness (QED) is 0.664. The number of nitrogens with one attached hydrogen (secondary N) is 1. The molecule has 0 bridgehead atoms. The zero-order valence-corrected chi connectivity index (χ0v) is 13.0. The Kier molecular flexibility index (Phi) is 5.14. The molecule has 0 spiro atoms. The van der Waals surface area contributed by atoms with Crippen LogP contribution in [-0.2, 0) is 14.4 Å². The van der Waals surface area contributed by atoms with Gasteiger partial charge < -0.3 is 15.1 Å². The van der Waals surface area contributed by atoms with Crippen LogP contribution >= 0.6 is 0 Å². The maximum absolute atomic E-state index is 12.1. The van der Waals surface area contributed by atoms with Gasteiger partial charge in [-0.15, -0.1) is 0 Å². The highest BCUT2D eigenvalue weighted by Crippen LogP contribution is 2.16. The van der Waals surface area contributed by atoms with E-state index in [0.29, 0.717) is 26.2 Å². The lowest BCUT2D eigenvalue weighted by Crippen LogP contribution is -2.48. The minimum absolute atomic E-state index is 0.172. The van der Waals surface area contributed by atoms with Gasteiger partial charge in [0.2, 0.25) is 18.2 Å². The van der Waals surface area contributed by atoms with Gasteiger partial charge in [-0.1, -0.05) is 17.7 Å². The zero-order valence-electron chi connectivity index (χ0n) is 13.0. The normalized spacial score (nSPS) is 14.6. The Hall–Kier alpha value is -2.37. The molecule has 1 N–H and O–H groups in total. The molecule has 0 unspecified atom stereocenters. The van der Waals surface area contributed by atoms with Gasteiger partial charge in [0, 0.05) is 31.9 Å². The fraction of sp³-hybridized carbons (Fsp3) is 0.438. The lowest BCUT2D eigenvalue weighted by Gasteiger charge is -2.32. The number of nitrogens with zero attached hydrogens (tertiary/aromatic N) is 2. The number of hydrogen-bond acceptors (Lipinski definition) is 3. The van der Waals surface area contributed by atoms with Crippen molar-refractivity contribution in [1.82, 2.24) is 9.80 Å². The Balaban J connectivity index is 1.86. The third-order valence-corrected chi connectivity index (χ3v) is 3.78. The molecule has 0 aromatic heterocycles. The first kappa shape index (κ1) is 16.0. The first-order valence-corrected chi connectivity index (χ1v) is 7.34. The van der Waals surface area contributed by atoms with Crippen LogP contribution in [0.1, 0.15) is 17.5 Å². The number of rotatable bonds is 4. The molecule has 0 atom stereocenters. The van der Waals surface area contributed by atoms with E-state index < -0.39 is 0 Å². The summed E-state index contributed by atoms with van der Waals surface area (Å²) in [5.74, 6) is -0.511. The average molecular weight is 303 g/mol. The van der Waals surface area contributed by atoms with E-state index in [1.807, 2.05) is 32.0 Å². The molecule has 1 heterocycles. The van der Waals surface area contributed by atoms with E-state index in [1.165, 1.54) is 0 Å². The molecular weight excluding hydrogens is 282 g/mol. The molecule has 22 heavy (non-hydrogen) atoms. The Morgan fingerprint density at radius 3 is 2.45 bits per heavy atom. The molecule has 1 aliphatic heterocycles. The molecule has 6 nitrogen and oxygen atoms in total. The summed E-state index contributed by atoms with van der Waals surface area (Å²) in [4.78, 5) is 38.0. The average Bonchev–Trinajstić information content (AvgIpc) is 2.50. The highest BCUT2D eigenvalue weighted by molar-refractivity contribution is 6.03. The number of benzene rings is 1. The predicted octanol–water partition coefficient (Wildman–Crippen LogP) is 0.933. The number of anilines is 1. The first-order valence-electron chi connectivity index (χ1n) is 7.34. The van der Waals surface area contributed by atoms with Gasteiger partial charge in [0.1, 0.15) is 6.42 Å². The van der Waals surface area contributed by atoms with Crippen LogP contribution in [0.15, 0.2) is 18.2 Å². The lowest BCUT2D eigenvalue weighted by atomic mass is 10.1. The Morgan fingerprint density at radius 1 is 1.18 bits per heavy atom. The van der Waals surface area contributed by atoms with Crippen molar-refractivity contribution < 1.29 is 14.4 Å². The van der Waals surface area contributed by atoms with Gasteiger partial charge in [0.15, 0.2) is 0 Å². The number of piperazine rings is 1. The van der Waals surface area contributed by atoms with Crippen LogP contribution in [0.2, 0.25) is 0 Å². The van der Waals surface area contributed by atoms with E-state index in [1.54, 1.807) is 9.80 Å². The van der Waals surface area contributed by atoms with Gasteiger partial charge in [-0.3, -0.25) is 14.4 Å². The van der Waals surface area contributed by atoms with E-state index in [9.17, 15) is 14.4 Å². The van der Waals surface area contributed by atoms with Gasteiger partial charge in [-0.05, 0) is 25.5 Å². The number of amides is 3.